The zero-order valence-corrected chi connectivity index (χ0v) is 23.4. The number of furan rings is 1. The standard InChI is InChI=1S/C42H26O/c1-2-11-27(12-3-1)30-23-24-34-37(26-30)40(31-22-21-28-13-4-5-14-29(28)25-31)32-15-6-7-16-33(32)41(34)36-18-10-20-39-42(36)35-17-8-9-19-38(35)43-39/h1-26H. The van der Waals surface area contributed by atoms with Gasteiger partial charge in [0.15, 0.2) is 0 Å². The maximum atomic E-state index is 6.35. The maximum Gasteiger partial charge on any atom is 0.136 e. The second-order valence-electron chi connectivity index (χ2n) is 11.3. The summed E-state index contributed by atoms with van der Waals surface area (Å²) in [4.78, 5) is 0. The van der Waals surface area contributed by atoms with E-state index in [0.717, 1.165) is 21.9 Å². The van der Waals surface area contributed by atoms with Crippen molar-refractivity contribution in [2.75, 3.05) is 0 Å². The Balaban J connectivity index is 1.46. The molecule has 0 saturated heterocycles. The molecule has 9 aromatic rings. The van der Waals surface area contributed by atoms with Crippen molar-refractivity contribution in [3.63, 3.8) is 0 Å². The molecule has 0 aliphatic rings. The molecule has 1 aromatic heterocycles. The molecule has 0 saturated carbocycles. The minimum Gasteiger partial charge on any atom is -0.456 e. The summed E-state index contributed by atoms with van der Waals surface area (Å²) in [5, 5.41) is 9.77. The van der Waals surface area contributed by atoms with Gasteiger partial charge < -0.3 is 4.42 Å². The minimum atomic E-state index is 0.912. The molecule has 0 N–H and O–H groups in total. The molecule has 0 fully saturated rings. The van der Waals surface area contributed by atoms with Gasteiger partial charge in [0.2, 0.25) is 0 Å². The van der Waals surface area contributed by atoms with E-state index in [1.165, 1.54) is 65.7 Å². The molecule has 0 aliphatic carbocycles. The lowest BCUT2D eigenvalue weighted by atomic mass is 9.83. The van der Waals surface area contributed by atoms with Crippen LogP contribution in [0.25, 0.3) is 87.6 Å². The van der Waals surface area contributed by atoms with Gasteiger partial charge in [-0.05, 0) is 90.0 Å². The summed E-state index contributed by atoms with van der Waals surface area (Å²) in [6.45, 7) is 0. The summed E-state index contributed by atoms with van der Waals surface area (Å²) in [6.07, 6.45) is 0. The van der Waals surface area contributed by atoms with Gasteiger partial charge in [0.25, 0.3) is 0 Å². The largest absolute Gasteiger partial charge is 0.456 e. The molecule has 0 bridgehead atoms. The van der Waals surface area contributed by atoms with E-state index in [9.17, 15) is 0 Å². The Hall–Kier alpha value is -5.66. The monoisotopic (exact) mass is 546 g/mol. The predicted molar refractivity (Wildman–Crippen MR) is 183 cm³/mol. The van der Waals surface area contributed by atoms with Crippen LogP contribution in [0.15, 0.2) is 162 Å². The lowest BCUT2D eigenvalue weighted by Crippen LogP contribution is -1.92. The van der Waals surface area contributed by atoms with Crippen molar-refractivity contribution < 1.29 is 4.42 Å². The third kappa shape index (κ3) is 3.72. The number of benzene rings is 8. The summed E-state index contributed by atoms with van der Waals surface area (Å²) < 4.78 is 6.35. The molecule has 43 heavy (non-hydrogen) atoms. The molecule has 0 unspecified atom stereocenters. The van der Waals surface area contributed by atoms with Crippen LogP contribution in [0.5, 0.6) is 0 Å². The van der Waals surface area contributed by atoms with Crippen molar-refractivity contribution in [2.45, 2.75) is 0 Å². The van der Waals surface area contributed by atoms with Crippen LogP contribution in [0.3, 0.4) is 0 Å². The molecule has 200 valence electrons. The van der Waals surface area contributed by atoms with Crippen molar-refractivity contribution >= 4 is 54.3 Å². The van der Waals surface area contributed by atoms with Crippen molar-refractivity contribution in [3.8, 4) is 33.4 Å². The Morgan fingerprint density at radius 3 is 1.84 bits per heavy atom. The topological polar surface area (TPSA) is 13.1 Å². The fourth-order valence-corrected chi connectivity index (χ4v) is 6.92. The molecule has 0 atom stereocenters. The van der Waals surface area contributed by atoms with E-state index in [-0.39, 0.29) is 0 Å². The van der Waals surface area contributed by atoms with Gasteiger partial charge in [-0.2, -0.15) is 0 Å². The molecule has 9 rings (SSSR count). The van der Waals surface area contributed by atoms with E-state index in [0.29, 0.717) is 0 Å². The van der Waals surface area contributed by atoms with Crippen LogP contribution < -0.4 is 0 Å². The fraction of sp³-hybridized carbons (Fsp3) is 0. The van der Waals surface area contributed by atoms with Gasteiger partial charge in [-0.3, -0.25) is 0 Å². The first kappa shape index (κ1) is 24.0. The highest BCUT2D eigenvalue weighted by atomic mass is 16.3. The number of fused-ring (bicyclic) bond motifs is 6. The number of hydrogen-bond acceptors (Lipinski definition) is 1. The highest BCUT2D eigenvalue weighted by Crippen LogP contribution is 2.47. The molecule has 0 amide bonds. The van der Waals surface area contributed by atoms with Gasteiger partial charge in [0, 0.05) is 10.8 Å². The molecular formula is C42H26O. The Kier molecular flexibility index (Phi) is 5.27. The van der Waals surface area contributed by atoms with Crippen LogP contribution in [-0.2, 0) is 0 Å². The molecule has 0 radical (unpaired) electrons. The first-order valence-corrected chi connectivity index (χ1v) is 14.8. The van der Waals surface area contributed by atoms with Crippen LogP contribution in [0.1, 0.15) is 0 Å². The normalized spacial score (nSPS) is 11.7. The molecule has 0 spiro atoms. The van der Waals surface area contributed by atoms with E-state index in [1.807, 2.05) is 6.07 Å². The molecule has 1 heteroatoms. The summed E-state index contributed by atoms with van der Waals surface area (Å²) in [6, 6.07) is 56.9. The van der Waals surface area contributed by atoms with Crippen LogP contribution in [0.2, 0.25) is 0 Å². The Morgan fingerprint density at radius 2 is 0.977 bits per heavy atom. The van der Waals surface area contributed by atoms with Gasteiger partial charge in [0.1, 0.15) is 11.2 Å². The lowest BCUT2D eigenvalue weighted by molar-refractivity contribution is 0.669. The summed E-state index contributed by atoms with van der Waals surface area (Å²) in [5.41, 5.74) is 9.18. The second-order valence-corrected chi connectivity index (χ2v) is 11.3. The van der Waals surface area contributed by atoms with Crippen LogP contribution in [0, 0.1) is 0 Å². The molecular weight excluding hydrogens is 520 g/mol. The lowest BCUT2D eigenvalue weighted by Gasteiger charge is -2.19. The first-order chi connectivity index (χ1) is 21.3. The smallest absolute Gasteiger partial charge is 0.136 e. The minimum absolute atomic E-state index is 0.912. The average molecular weight is 547 g/mol. The Bertz CT molecular complexity index is 2500. The van der Waals surface area contributed by atoms with Crippen molar-refractivity contribution in [1.82, 2.24) is 0 Å². The van der Waals surface area contributed by atoms with E-state index in [4.69, 9.17) is 4.42 Å². The van der Waals surface area contributed by atoms with Gasteiger partial charge in [-0.15, -0.1) is 0 Å². The van der Waals surface area contributed by atoms with E-state index >= 15 is 0 Å². The molecule has 8 aromatic carbocycles. The van der Waals surface area contributed by atoms with Gasteiger partial charge >= 0.3 is 0 Å². The highest BCUT2D eigenvalue weighted by molar-refractivity contribution is 6.26. The summed E-state index contributed by atoms with van der Waals surface area (Å²) in [7, 11) is 0. The third-order valence-electron chi connectivity index (χ3n) is 8.84. The van der Waals surface area contributed by atoms with Gasteiger partial charge in [0.05, 0.1) is 0 Å². The van der Waals surface area contributed by atoms with Crippen molar-refractivity contribution in [1.29, 1.82) is 0 Å². The summed E-state index contributed by atoms with van der Waals surface area (Å²) in [5.74, 6) is 0. The SMILES string of the molecule is c1ccc(-c2ccc3c(-c4cccc5oc6ccccc6c45)c4ccccc4c(-c4ccc5ccccc5c4)c3c2)cc1. The first-order valence-electron chi connectivity index (χ1n) is 14.8. The van der Waals surface area contributed by atoms with Crippen LogP contribution in [-0.4, -0.2) is 0 Å². The summed E-state index contributed by atoms with van der Waals surface area (Å²) >= 11 is 0. The van der Waals surface area contributed by atoms with E-state index < -0.39 is 0 Å². The van der Waals surface area contributed by atoms with Crippen molar-refractivity contribution in [2.24, 2.45) is 0 Å². The zero-order valence-electron chi connectivity index (χ0n) is 23.4. The Morgan fingerprint density at radius 1 is 0.326 bits per heavy atom. The fourth-order valence-electron chi connectivity index (χ4n) is 6.92. The van der Waals surface area contributed by atoms with Gasteiger partial charge in [-0.1, -0.05) is 133 Å². The second kappa shape index (κ2) is 9.44. The molecule has 1 nitrogen and oxygen atoms in total. The van der Waals surface area contributed by atoms with Crippen LogP contribution in [0.4, 0.5) is 0 Å². The highest BCUT2D eigenvalue weighted by Gasteiger charge is 2.20. The van der Waals surface area contributed by atoms with E-state index in [1.54, 1.807) is 0 Å². The maximum absolute atomic E-state index is 6.35. The molecule has 1 heterocycles. The van der Waals surface area contributed by atoms with Crippen molar-refractivity contribution in [3.05, 3.63) is 158 Å². The zero-order chi connectivity index (χ0) is 28.3. The van der Waals surface area contributed by atoms with Crippen LogP contribution >= 0.6 is 0 Å². The van der Waals surface area contributed by atoms with Gasteiger partial charge in [-0.25, -0.2) is 0 Å². The van der Waals surface area contributed by atoms with E-state index in [2.05, 4.69) is 152 Å². The average Bonchev–Trinajstić information content (AvgIpc) is 3.46. The number of hydrogen-bond donors (Lipinski definition) is 0. The quantitative estimate of drug-likeness (QED) is 0.201. The predicted octanol–water partition coefficient (Wildman–Crippen LogP) is 12.0. The Labute approximate surface area is 249 Å². The third-order valence-corrected chi connectivity index (χ3v) is 8.84. The molecule has 0 aliphatic heterocycles. The number of para-hydroxylation sites is 1. The number of rotatable bonds is 3.